The van der Waals surface area contributed by atoms with E-state index in [0.29, 0.717) is 0 Å². The van der Waals surface area contributed by atoms with E-state index >= 15 is 0 Å². The molecule has 0 aromatic carbocycles. The molecule has 1 saturated carbocycles. The first-order valence-corrected chi connectivity index (χ1v) is 8.01. The molecule has 2 fully saturated rings. The van der Waals surface area contributed by atoms with Crippen molar-refractivity contribution in [2.75, 3.05) is 20.1 Å². The fourth-order valence-electron chi connectivity index (χ4n) is 3.96. The number of likely N-dealkylation sites (tertiary alicyclic amines) is 1. The summed E-state index contributed by atoms with van der Waals surface area (Å²) in [5.41, 5.74) is 0. The second-order valence-electron chi connectivity index (χ2n) is 7.12. The molecule has 4 atom stereocenters. The Kier molecular flexibility index (Phi) is 5.08. The Morgan fingerprint density at radius 3 is 2.61 bits per heavy atom. The van der Waals surface area contributed by atoms with E-state index in [0.717, 1.165) is 29.8 Å². The quantitative estimate of drug-likeness (QED) is 0.827. The summed E-state index contributed by atoms with van der Waals surface area (Å²) >= 11 is 0. The van der Waals surface area contributed by atoms with Gasteiger partial charge in [0.15, 0.2) is 0 Å². The maximum absolute atomic E-state index is 3.91. The van der Waals surface area contributed by atoms with Gasteiger partial charge in [-0.1, -0.05) is 27.2 Å². The molecular formula is C16H32N2. The fourth-order valence-corrected chi connectivity index (χ4v) is 3.96. The van der Waals surface area contributed by atoms with Gasteiger partial charge in [-0.05, 0) is 57.0 Å². The van der Waals surface area contributed by atoms with Gasteiger partial charge >= 0.3 is 0 Å². The van der Waals surface area contributed by atoms with E-state index in [1.54, 1.807) is 0 Å². The molecule has 1 aliphatic heterocycles. The van der Waals surface area contributed by atoms with Crippen LogP contribution in [0.3, 0.4) is 0 Å². The predicted molar refractivity (Wildman–Crippen MR) is 78.8 cm³/mol. The lowest BCUT2D eigenvalue weighted by Crippen LogP contribution is -2.47. The van der Waals surface area contributed by atoms with E-state index < -0.39 is 0 Å². The van der Waals surface area contributed by atoms with Crippen LogP contribution in [-0.4, -0.2) is 37.1 Å². The summed E-state index contributed by atoms with van der Waals surface area (Å²) < 4.78 is 0. The molecule has 0 radical (unpaired) electrons. The monoisotopic (exact) mass is 252 g/mol. The van der Waals surface area contributed by atoms with Gasteiger partial charge in [-0.3, -0.25) is 0 Å². The van der Waals surface area contributed by atoms with E-state index in [1.807, 2.05) is 0 Å². The van der Waals surface area contributed by atoms with Crippen LogP contribution in [-0.2, 0) is 0 Å². The fraction of sp³-hybridized carbons (Fsp3) is 1.00. The number of nitrogens with one attached hydrogen (secondary N) is 1. The summed E-state index contributed by atoms with van der Waals surface area (Å²) in [6, 6.07) is 1.55. The van der Waals surface area contributed by atoms with E-state index in [-0.39, 0.29) is 0 Å². The first-order valence-electron chi connectivity index (χ1n) is 8.01. The van der Waals surface area contributed by atoms with E-state index in [1.165, 1.54) is 45.2 Å². The molecule has 2 heteroatoms. The van der Waals surface area contributed by atoms with Crippen molar-refractivity contribution in [3.8, 4) is 0 Å². The van der Waals surface area contributed by atoms with Crippen LogP contribution >= 0.6 is 0 Å². The summed E-state index contributed by atoms with van der Waals surface area (Å²) in [5.74, 6) is 2.64. The molecule has 0 aromatic heterocycles. The number of hydrogen-bond acceptors (Lipinski definition) is 2. The second-order valence-corrected chi connectivity index (χ2v) is 7.12. The summed E-state index contributed by atoms with van der Waals surface area (Å²) in [5, 5.41) is 3.91. The second kappa shape index (κ2) is 6.38. The Hall–Kier alpha value is -0.0800. The van der Waals surface area contributed by atoms with Gasteiger partial charge in [0, 0.05) is 18.6 Å². The van der Waals surface area contributed by atoms with Crippen LogP contribution in [0.4, 0.5) is 0 Å². The molecule has 1 aliphatic carbocycles. The van der Waals surface area contributed by atoms with Gasteiger partial charge in [0.2, 0.25) is 0 Å². The molecule has 2 rings (SSSR count). The Morgan fingerprint density at radius 1 is 1.22 bits per heavy atom. The lowest BCUT2D eigenvalue weighted by molar-refractivity contribution is 0.160. The minimum Gasteiger partial charge on any atom is -0.312 e. The van der Waals surface area contributed by atoms with Crippen molar-refractivity contribution in [3.63, 3.8) is 0 Å². The van der Waals surface area contributed by atoms with Crippen molar-refractivity contribution in [3.05, 3.63) is 0 Å². The van der Waals surface area contributed by atoms with Crippen molar-refractivity contribution in [1.82, 2.24) is 10.2 Å². The average molecular weight is 252 g/mol. The summed E-state index contributed by atoms with van der Waals surface area (Å²) in [6.45, 7) is 9.72. The average Bonchev–Trinajstić information content (AvgIpc) is 2.72. The maximum atomic E-state index is 3.91. The lowest BCUT2D eigenvalue weighted by Gasteiger charge is -2.39. The van der Waals surface area contributed by atoms with Gasteiger partial charge < -0.3 is 10.2 Å². The van der Waals surface area contributed by atoms with Gasteiger partial charge in [-0.15, -0.1) is 0 Å². The molecule has 0 bridgehead atoms. The normalized spacial score (nSPS) is 38.5. The van der Waals surface area contributed by atoms with Crippen LogP contribution in [0.2, 0.25) is 0 Å². The third-order valence-electron chi connectivity index (χ3n) is 5.31. The van der Waals surface area contributed by atoms with Gasteiger partial charge in [0.25, 0.3) is 0 Å². The first kappa shape index (κ1) is 14.3. The minimum atomic E-state index is 0.766. The zero-order valence-electron chi connectivity index (χ0n) is 12.8. The molecule has 2 nitrogen and oxygen atoms in total. The highest BCUT2D eigenvalue weighted by Crippen LogP contribution is 2.33. The Balaban J connectivity index is 1.84. The van der Waals surface area contributed by atoms with Crippen LogP contribution in [0.15, 0.2) is 0 Å². The molecule has 4 unspecified atom stereocenters. The summed E-state index contributed by atoms with van der Waals surface area (Å²) in [4.78, 5) is 2.53. The summed E-state index contributed by atoms with van der Waals surface area (Å²) in [7, 11) is 2.28. The van der Waals surface area contributed by atoms with Crippen molar-refractivity contribution >= 4 is 0 Å². The predicted octanol–water partition coefficient (Wildman–Crippen LogP) is 3.13. The molecule has 0 spiro atoms. The van der Waals surface area contributed by atoms with Gasteiger partial charge in [0.05, 0.1) is 0 Å². The summed E-state index contributed by atoms with van der Waals surface area (Å²) in [6.07, 6.45) is 7.02. The van der Waals surface area contributed by atoms with Crippen molar-refractivity contribution in [2.45, 2.75) is 65.0 Å². The molecular weight excluding hydrogens is 220 g/mol. The SMILES string of the molecule is CC1CCC(C(C)C)C(NCC2CCCN2C)C1. The molecule has 1 heterocycles. The number of likely N-dealkylation sites (N-methyl/N-ethyl adjacent to an activating group) is 1. The van der Waals surface area contributed by atoms with Crippen molar-refractivity contribution in [1.29, 1.82) is 0 Å². The third-order valence-corrected chi connectivity index (χ3v) is 5.31. The van der Waals surface area contributed by atoms with Crippen LogP contribution in [0.1, 0.15) is 52.9 Å². The molecule has 0 amide bonds. The van der Waals surface area contributed by atoms with Gasteiger partial charge in [-0.2, -0.15) is 0 Å². The van der Waals surface area contributed by atoms with E-state index in [9.17, 15) is 0 Å². The van der Waals surface area contributed by atoms with E-state index in [4.69, 9.17) is 0 Å². The highest BCUT2D eigenvalue weighted by atomic mass is 15.2. The maximum Gasteiger partial charge on any atom is 0.0218 e. The highest BCUT2D eigenvalue weighted by Gasteiger charge is 2.31. The number of rotatable bonds is 4. The van der Waals surface area contributed by atoms with Crippen LogP contribution in [0.25, 0.3) is 0 Å². The standard InChI is InChI=1S/C16H32N2/c1-12(2)15-8-7-13(3)10-16(15)17-11-14-6-5-9-18(14)4/h12-17H,5-11H2,1-4H3. The lowest BCUT2D eigenvalue weighted by atomic mass is 9.74. The smallest absolute Gasteiger partial charge is 0.0218 e. The van der Waals surface area contributed by atoms with Crippen molar-refractivity contribution < 1.29 is 0 Å². The Morgan fingerprint density at radius 2 is 2.00 bits per heavy atom. The highest BCUT2D eigenvalue weighted by molar-refractivity contribution is 4.88. The zero-order valence-corrected chi connectivity index (χ0v) is 12.8. The minimum absolute atomic E-state index is 0.766. The van der Waals surface area contributed by atoms with Crippen LogP contribution < -0.4 is 5.32 Å². The molecule has 18 heavy (non-hydrogen) atoms. The third kappa shape index (κ3) is 3.48. The van der Waals surface area contributed by atoms with Gasteiger partial charge in [-0.25, -0.2) is 0 Å². The Labute approximate surface area is 114 Å². The zero-order chi connectivity index (χ0) is 13.1. The van der Waals surface area contributed by atoms with Crippen LogP contribution in [0, 0.1) is 17.8 Å². The molecule has 2 aliphatic rings. The van der Waals surface area contributed by atoms with E-state index in [2.05, 4.69) is 38.0 Å². The first-order chi connectivity index (χ1) is 8.58. The topological polar surface area (TPSA) is 15.3 Å². The van der Waals surface area contributed by atoms with Crippen LogP contribution in [0.5, 0.6) is 0 Å². The number of hydrogen-bond donors (Lipinski definition) is 1. The van der Waals surface area contributed by atoms with Crippen molar-refractivity contribution in [2.24, 2.45) is 17.8 Å². The largest absolute Gasteiger partial charge is 0.312 e. The van der Waals surface area contributed by atoms with Gasteiger partial charge in [0.1, 0.15) is 0 Å². The molecule has 1 N–H and O–H groups in total. The molecule has 106 valence electrons. The Bertz CT molecular complexity index is 251. The molecule has 0 aromatic rings. The molecule has 1 saturated heterocycles. The number of nitrogens with zero attached hydrogens (tertiary/aromatic N) is 1.